The molecule has 0 radical (unpaired) electrons. The SMILES string of the molecule is Cc1nc(S[C@@H](C)C(=O)N[C@@H]2CCCc3ccccc32)nc(C)c1C. The van der Waals surface area contributed by atoms with E-state index in [4.69, 9.17) is 0 Å². The lowest BCUT2D eigenvalue weighted by atomic mass is 9.88. The van der Waals surface area contributed by atoms with Crippen molar-refractivity contribution in [2.75, 3.05) is 0 Å². The number of fused-ring (bicyclic) bond motifs is 1. The quantitative estimate of drug-likeness (QED) is 0.663. The molecule has 1 aliphatic rings. The maximum atomic E-state index is 12.7. The molecule has 0 bridgehead atoms. The molecule has 0 unspecified atom stereocenters. The topological polar surface area (TPSA) is 54.9 Å². The largest absolute Gasteiger partial charge is 0.348 e. The third-order valence-corrected chi connectivity index (χ3v) is 5.91. The van der Waals surface area contributed by atoms with Crippen molar-refractivity contribution in [1.82, 2.24) is 15.3 Å². The molecule has 0 saturated heterocycles. The van der Waals surface area contributed by atoms with E-state index in [-0.39, 0.29) is 17.2 Å². The van der Waals surface area contributed by atoms with Gasteiger partial charge in [0.15, 0.2) is 5.16 Å². The molecule has 25 heavy (non-hydrogen) atoms. The first-order valence-electron chi connectivity index (χ1n) is 8.82. The molecule has 0 spiro atoms. The van der Waals surface area contributed by atoms with Gasteiger partial charge in [-0.25, -0.2) is 9.97 Å². The summed E-state index contributed by atoms with van der Waals surface area (Å²) in [5.41, 5.74) is 5.68. The van der Waals surface area contributed by atoms with Crippen LogP contribution in [0.2, 0.25) is 0 Å². The number of nitrogens with one attached hydrogen (secondary N) is 1. The normalized spacial score (nSPS) is 17.7. The molecule has 132 valence electrons. The molecule has 1 aliphatic carbocycles. The van der Waals surface area contributed by atoms with Crippen LogP contribution in [0.4, 0.5) is 0 Å². The second-order valence-corrected chi connectivity index (χ2v) is 8.02. The molecule has 5 heteroatoms. The Hall–Kier alpha value is -1.88. The van der Waals surface area contributed by atoms with Gasteiger partial charge < -0.3 is 5.32 Å². The van der Waals surface area contributed by atoms with E-state index in [1.165, 1.54) is 22.9 Å². The van der Waals surface area contributed by atoms with Crippen LogP contribution in [0.25, 0.3) is 0 Å². The second-order valence-electron chi connectivity index (χ2n) is 6.71. The van der Waals surface area contributed by atoms with Crippen molar-refractivity contribution in [3.63, 3.8) is 0 Å². The molecular weight excluding hydrogens is 330 g/mol. The average molecular weight is 356 g/mol. The first-order valence-corrected chi connectivity index (χ1v) is 9.70. The Morgan fingerprint density at radius 2 is 1.88 bits per heavy atom. The van der Waals surface area contributed by atoms with Gasteiger partial charge in [0.25, 0.3) is 0 Å². The van der Waals surface area contributed by atoms with Gasteiger partial charge in [-0.2, -0.15) is 0 Å². The fourth-order valence-corrected chi connectivity index (χ4v) is 4.07. The molecule has 0 fully saturated rings. The Balaban J connectivity index is 1.68. The van der Waals surface area contributed by atoms with Crippen LogP contribution in [-0.2, 0) is 11.2 Å². The number of rotatable bonds is 4. The summed E-state index contributed by atoms with van der Waals surface area (Å²) < 4.78 is 0. The van der Waals surface area contributed by atoms with E-state index in [1.807, 2.05) is 33.8 Å². The summed E-state index contributed by atoms with van der Waals surface area (Å²) in [6, 6.07) is 8.53. The Morgan fingerprint density at radius 1 is 1.20 bits per heavy atom. The van der Waals surface area contributed by atoms with Gasteiger partial charge in [-0.05, 0) is 63.6 Å². The van der Waals surface area contributed by atoms with Crippen LogP contribution >= 0.6 is 11.8 Å². The third kappa shape index (κ3) is 4.03. The molecule has 2 atom stereocenters. The molecule has 2 aromatic rings. The number of hydrogen-bond acceptors (Lipinski definition) is 4. The summed E-state index contributed by atoms with van der Waals surface area (Å²) in [5, 5.41) is 3.67. The minimum atomic E-state index is -0.226. The van der Waals surface area contributed by atoms with E-state index < -0.39 is 0 Å². The van der Waals surface area contributed by atoms with E-state index >= 15 is 0 Å². The zero-order valence-corrected chi connectivity index (χ0v) is 16.1. The predicted molar refractivity (Wildman–Crippen MR) is 102 cm³/mol. The molecule has 1 heterocycles. The molecule has 3 rings (SSSR count). The maximum absolute atomic E-state index is 12.7. The van der Waals surface area contributed by atoms with Crippen molar-refractivity contribution >= 4 is 17.7 Å². The molecule has 1 N–H and O–H groups in total. The van der Waals surface area contributed by atoms with Crippen molar-refractivity contribution in [3.05, 3.63) is 52.3 Å². The highest BCUT2D eigenvalue weighted by Gasteiger charge is 2.24. The van der Waals surface area contributed by atoms with Gasteiger partial charge in [0.05, 0.1) is 11.3 Å². The molecule has 1 aromatic carbocycles. The zero-order chi connectivity index (χ0) is 18.0. The summed E-state index contributed by atoms with van der Waals surface area (Å²) >= 11 is 1.42. The highest BCUT2D eigenvalue weighted by atomic mass is 32.2. The summed E-state index contributed by atoms with van der Waals surface area (Å²) in [6.45, 7) is 7.91. The van der Waals surface area contributed by atoms with Gasteiger partial charge in [0.1, 0.15) is 0 Å². The molecule has 4 nitrogen and oxygen atoms in total. The zero-order valence-electron chi connectivity index (χ0n) is 15.3. The van der Waals surface area contributed by atoms with Crippen molar-refractivity contribution in [1.29, 1.82) is 0 Å². The monoisotopic (exact) mass is 355 g/mol. The summed E-state index contributed by atoms with van der Waals surface area (Å²) in [6.07, 6.45) is 3.21. The van der Waals surface area contributed by atoms with Gasteiger partial charge in [-0.15, -0.1) is 0 Å². The van der Waals surface area contributed by atoms with Crippen molar-refractivity contribution in [2.24, 2.45) is 0 Å². The average Bonchev–Trinajstić information content (AvgIpc) is 2.60. The summed E-state index contributed by atoms with van der Waals surface area (Å²) in [7, 11) is 0. The first-order chi connectivity index (χ1) is 12.0. The smallest absolute Gasteiger partial charge is 0.233 e. The van der Waals surface area contributed by atoms with Crippen LogP contribution in [0.1, 0.15) is 53.9 Å². The standard InChI is InChI=1S/C20H25N3OS/c1-12-13(2)21-20(22-14(12)3)25-15(4)19(24)23-18-11-7-9-16-8-5-6-10-17(16)18/h5-6,8,10,15,18H,7,9,11H2,1-4H3,(H,23,24)/t15-,18+/m0/s1. The minimum Gasteiger partial charge on any atom is -0.348 e. The van der Waals surface area contributed by atoms with Crippen LogP contribution in [-0.4, -0.2) is 21.1 Å². The Labute approximate surface area is 153 Å². The Bertz CT molecular complexity index is 767. The maximum Gasteiger partial charge on any atom is 0.233 e. The molecule has 0 saturated carbocycles. The Morgan fingerprint density at radius 3 is 2.60 bits per heavy atom. The second kappa shape index (κ2) is 7.56. The number of thioether (sulfide) groups is 1. The summed E-state index contributed by atoms with van der Waals surface area (Å²) in [4.78, 5) is 21.7. The lowest BCUT2D eigenvalue weighted by molar-refractivity contribution is -0.121. The fraction of sp³-hybridized carbons (Fsp3) is 0.450. The van der Waals surface area contributed by atoms with Crippen molar-refractivity contribution in [2.45, 2.75) is 63.4 Å². The number of aryl methyl sites for hydroxylation is 3. The van der Waals surface area contributed by atoms with Crippen molar-refractivity contribution < 1.29 is 4.79 Å². The number of nitrogens with zero attached hydrogens (tertiary/aromatic N) is 2. The lowest BCUT2D eigenvalue weighted by Crippen LogP contribution is -2.36. The lowest BCUT2D eigenvalue weighted by Gasteiger charge is -2.27. The van der Waals surface area contributed by atoms with Crippen LogP contribution in [0.3, 0.4) is 0 Å². The highest BCUT2D eigenvalue weighted by molar-refractivity contribution is 8.00. The number of hydrogen-bond donors (Lipinski definition) is 1. The van der Waals surface area contributed by atoms with Gasteiger partial charge in [0, 0.05) is 11.4 Å². The van der Waals surface area contributed by atoms with Crippen molar-refractivity contribution in [3.8, 4) is 0 Å². The van der Waals surface area contributed by atoms with Crippen LogP contribution in [0, 0.1) is 20.8 Å². The predicted octanol–water partition coefficient (Wildman–Crippen LogP) is 4.08. The fourth-order valence-electron chi connectivity index (χ4n) is 3.20. The van der Waals surface area contributed by atoms with E-state index in [0.29, 0.717) is 5.16 Å². The highest BCUT2D eigenvalue weighted by Crippen LogP contribution is 2.30. The number of aromatic nitrogens is 2. The van der Waals surface area contributed by atoms with Crippen LogP contribution in [0.15, 0.2) is 29.4 Å². The molecule has 1 amide bonds. The van der Waals surface area contributed by atoms with Gasteiger partial charge in [0.2, 0.25) is 5.91 Å². The van der Waals surface area contributed by atoms with Crippen LogP contribution < -0.4 is 5.32 Å². The molecular formula is C20H25N3OS. The number of carbonyl (C=O) groups is 1. The molecule has 1 aromatic heterocycles. The van der Waals surface area contributed by atoms with Gasteiger partial charge >= 0.3 is 0 Å². The number of amides is 1. The molecule has 0 aliphatic heterocycles. The summed E-state index contributed by atoms with van der Waals surface area (Å²) in [5.74, 6) is 0.0474. The number of benzene rings is 1. The van der Waals surface area contributed by atoms with E-state index in [9.17, 15) is 4.79 Å². The third-order valence-electron chi connectivity index (χ3n) is 4.95. The van der Waals surface area contributed by atoms with E-state index in [0.717, 1.165) is 36.2 Å². The van der Waals surface area contributed by atoms with E-state index in [1.54, 1.807) is 0 Å². The minimum absolute atomic E-state index is 0.0474. The Kier molecular flexibility index (Phi) is 5.42. The first kappa shape index (κ1) is 17.9. The van der Waals surface area contributed by atoms with Gasteiger partial charge in [-0.1, -0.05) is 36.0 Å². The van der Waals surface area contributed by atoms with E-state index in [2.05, 4.69) is 33.5 Å². The van der Waals surface area contributed by atoms with Gasteiger partial charge in [-0.3, -0.25) is 4.79 Å². The number of carbonyl (C=O) groups excluding carboxylic acids is 1. The van der Waals surface area contributed by atoms with Crippen LogP contribution in [0.5, 0.6) is 0 Å².